The van der Waals surface area contributed by atoms with Crippen molar-refractivity contribution in [2.75, 3.05) is 47.1 Å². The van der Waals surface area contributed by atoms with Crippen LogP contribution in [-0.4, -0.2) is 52.7 Å². The van der Waals surface area contributed by atoms with Crippen molar-refractivity contribution in [1.82, 2.24) is 19.9 Å². The Kier molecular flexibility index (Phi) is 5.65. The monoisotopic (exact) mass is 506 g/mol. The van der Waals surface area contributed by atoms with E-state index < -0.39 is 11.6 Å². The maximum absolute atomic E-state index is 14.1. The van der Waals surface area contributed by atoms with Gasteiger partial charge in [-0.15, -0.1) is 0 Å². The summed E-state index contributed by atoms with van der Waals surface area (Å²) in [6.45, 7) is 8.65. The minimum Gasteiger partial charge on any atom is -0.373 e. The number of halogens is 2. The van der Waals surface area contributed by atoms with Gasteiger partial charge in [0, 0.05) is 67.2 Å². The summed E-state index contributed by atoms with van der Waals surface area (Å²) in [6, 6.07) is 6.31. The Morgan fingerprint density at radius 3 is 2.43 bits per heavy atom. The van der Waals surface area contributed by atoms with Gasteiger partial charge in [0.2, 0.25) is 5.95 Å². The molecular weight excluding hydrogens is 474 g/mol. The molecule has 37 heavy (non-hydrogen) atoms. The summed E-state index contributed by atoms with van der Waals surface area (Å²) in [5.74, 6) is 2.18. The van der Waals surface area contributed by atoms with Gasteiger partial charge in [0.15, 0.2) is 11.6 Å². The first-order valence-electron chi connectivity index (χ1n) is 12.9. The van der Waals surface area contributed by atoms with Crippen LogP contribution in [0.4, 0.5) is 37.9 Å². The molecule has 2 aliphatic heterocycles. The van der Waals surface area contributed by atoms with Crippen LogP contribution in [0.1, 0.15) is 37.9 Å². The lowest BCUT2D eigenvalue weighted by Gasteiger charge is -2.39. The van der Waals surface area contributed by atoms with E-state index in [-0.39, 0.29) is 11.5 Å². The zero-order valence-corrected chi connectivity index (χ0v) is 21.6. The Balaban J connectivity index is 1.30. The summed E-state index contributed by atoms with van der Waals surface area (Å²) < 4.78 is 27.8. The predicted octanol–water partition coefficient (Wildman–Crippen LogP) is 4.65. The second-order valence-corrected chi connectivity index (χ2v) is 11.1. The van der Waals surface area contributed by atoms with Crippen molar-refractivity contribution in [1.29, 1.82) is 0 Å². The lowest BCUT2D eigenvalue weighted by molar-refractivity contribution is 0.375. The van der Waals surface area contributed by atoms with Gasteiger partial charge in [-0.25, -0.2) is 18.7 Å². The predicted molar refractivity (Wildman–Crippen MR) is 141 cm³/mol. The Labute approximate surface area is 215 Å². The highest BCUT2D eigenvalue weighted by molar-refractivity contribution is 5.75. The third kappa shape index (κ3) is 4.12. The van der Waals surface area contributed by atoms with Gasteiger partial charge in [-0.2, -0.15) is 9.97 Å². The molecule has 6 rings (SSSR count). The number of anilines is 5. The molecule has 3 aromatic rings. The minimum absolute atomic E-state index is 0.257. The Morgan fingerprint density at radius 2 is 1.76 bits per heavy atom. The Morgan fingerprint density at radius 1 is 1.00 bits per heavy atom. The van der Waals surface area contributed by atoms with E-state index in [0.29, 0.717) is 30.0 Å². The van der Waals surface area contributed by atoms with E-state index in [1.807, 2.05) is 24.9 Å². The summed E-state index contributed by atoms with van der Waals surface area (Å²) in [5.41, 5.74) is 2.24. The third-order valence-corrected chi connectivity index (χ3v) is 8.07. The molecule has 0 spiro atoms. The highest BCUT2D eigenvalue weighted by atomic mass is 19.2. The van der Waals surface area contributed by atoms with Gasteiger partial charge in [0.25, 0.3) is 0 Å². The molecule has 194 valence electrons. The third-order valence-electron chi connectivity index (χ3n) is 8.07. The fourth-order valence-electron chi connectivity index (χ4n) is 6.34. The molecule has 0 amide bonds. The first-order valence-corrected chi connectivity index (χ1v) is 12.9. The molecule has 3 aliphatic rings. The van der Waals surface area contributed by atoms with Crippen molar-refractivity contribution < 1.29 is 8.78 Å². The SMILES string of the molecule is CNc1nc(N[C@@H]2[C@@H]3CC[C@H]2CN(c2cc(C)ncn2)C3)nc2c1C(C)(C)CN2c1ccc(F)c(F)c1. The van der Waals surface area contributed by atoms with Gasteiger partial charge in [-0.1, -0.05) is 13.8 Å². The van der Waals surface area contributed by atoms with Gasteiger partial charge >= 0.3 is 0 Å². The second-order valence-electron chi connectivity index (χ2n) is 11.1. The van der Waals surface area contributed by atoms with Gasteiger partial charge in [0.05, 0.1) is 0 Å². The van der Waals surface area contributed by atoms with Crippen LogP contribution in [0, 0.1) is 30.4 Å². The quantitative estimate of drug-likeness (QED) is 0.518. The summed E-state index contributed by atoms with van der Waals surface area (Å²) in [4.78, 5) is 22.9. The summed E-state index contributed by atoms with van der Waals surface area (Å²) in [7, 11) is 1.86. The lowest BCUT2D eigenvalue weighted by Crippen LogP contribution is -2.48. The molecule has 10 heteroatoms. The van der Waals surface area contributed by atoms with E-state index in [0.717, 1.165) is 54.6 Å². The number of hydrogen-bond donors (Lipinski definition) is 2. The minimum atomic E-state index is -0.868. The number of aryl methyl sites for hydroxylation is 1. The van der Waals surface area contributed by atoms with Crippen LogP contribution in [0.15, 0.2) is 30.6 Å². The molecule has 1 aliphatic carbocycles. The largest absolute Gasteiger partial charge is 0.373 e. The molecule has 2 fully saturated rings. The van der Waals surface area contributed by atoms with Crippen molar-refractivity contribution in [2.24, 2.45) is 11.8 Å². The molecule has 0 unspecified atom stereocenters. The van der Waals surface area contributed by atoms with Gasteiger partial charge in [-0.3, -0.25) is 0 Å². The zero-order chi connectivity index (χ0) is 25.9. The van der Waals surface area contributed by atoms with Gasteiger partial charge < -0.3 is 20.4 Å². The van der Waals surface area contributed by atoms with Crippen molar-refractivity contribution in [3.63, 3.8) is 0 Å². The molecular formula is C27H32F2N8. The fraction of sp³-hybridized carbons (Fsp3) is 0.481. The molecule has 3 atom stereocenters. The number of benzene rings is 1. The van der Waals surface area contributed by atoms with E-state index >= 15 is 0 Å². The first-order chi connectivity index (χ1) is 17.7. The summed E-state index contributed by atoms with van der Waals surface area (Å²) in [6.07, 6.45) is 3.91. The highest BCUT2D eigenvalue weighted by Gasteiger charge is 2.44. The highest BCUT2D eigenvalue weighted by Crippen LogP contribution is 2.47. The van der Waals surface area contributed by atoms with Crippen LogP contribution in [0.2, 0.25) is 0 Å². The number of aromatic nitrogens is 4. The smallest absolute Gasteiger partial charge is 0.226 e. The molecule has 2 bridgehead atoms. The molecule has 4 heterocycles. The van der Waals surface area contributed by atoms with E-state index in [1.165, 1.54) is 12.1 Å². The molecule has 8 nitrogen and oxygen atoms in total. The normalized spacial score (nSPS) is 23.8. The van der Waals surface area contributed by atoms with Crippen molar-refractivity contribution in [3.8, 4) is 0 Å². The van der Waals surface area contributed by atoms with E-state index in [4.69, 9.17) is 9.97 Å². The summed E-state index contributed by atoms with van der Waals surface area (Å²) >= 11 is 0. The van der Waals surface area contributed by atoms with Crippen LogP contribution in [0.5, 0.6) is 0 Å². The molecule has 1 aromatic carbocycles. The number of hydrogen-bond acceptors (Lipinski definition) is 8. The molecule has 1 saturated carbocycles. The molecule has 0 radical (unpaired) electrons. The first kappa shape index (κ1) is 23.8. The van der Waals surface area contributed by atoms with E-state index in [1.54, 1.807) is 12.4 Å². The molecule has 2 N–H and O–H groups in total. The maximum Gasteiger partial charge on any atom is 0.226 e. The maximum atomic E-state index is 14.1. The molecule has 1 saturated heterocycles. The zero-order valence-electron chi connectivity index (χ0n) is 21.6. The standard InChI is InChI=1S/C27H32F2N8/c1-15-9-21(32-14-31-15)36-11-16-5-6-17(12-36)23(16)33-26-34-24(30-4)22-25(35-26)37(13-27(22,2)3)18-7-8-19(28)20(29)10-18/h7-10,14,16-17,23H,5-6,11-13H2,1-4H3,(H2,30,33,34,35)/t16-,17+,23-. The van der Waals surface area contributed by atoms with Crippen LogP contribution >= 0.6 is 0 Å². The van der Waals surface area contributed by atoms with Gasteiger partial charge in [0.1, 0.15) is 23.8 Å². The average molecular weight is 507 g/mol. The number of piperidine rings is 1. The average Bonchev–Trinajstić information content (AvgIpc) is 3.26. The van der Waals surface area contributed by atoms with Crippen LogP contribution < -0.4 is 20.4 Å². The fourth-order valence-corrected chi connectivity index (χ4v) is 6.34. The van der Waals surface area contributed by atoms with Crippen LogP contribution in [0.3, 0.4) is 0 Å². The summed E-state index contributed by atoms with van der Waals surface area (Å²) in [5, 5.41) is 6.92. The van der Waals surface area contributed by atoms with E-state index in [9.17, 15) is 8.78 Å². The topological polar surface area (TPSA) is 82.1 Å². The van der Waals surface area contributed by atoms with Crippen LogP contribution in [0.25, 0.3) is 0 Å². The second kappa shape index (κ2) is 8.78. The Hall–Kier alpha value is -3.56. The van der Waals surface area contributed by atoms with Crippen molar-refractivity contribution in [3.05, 3.63) is 53.5 Å². The van der Waals surface area contributed by atoms with Gasteiger partial charge in [-0.05, 0) is 43.7 Å². The molecule has 2 aromatic heterocycles. The number of fused-ring (bicyclic) bond motifs is 3. The number of rotatable bonds is 5. The number of nitrogens with one attached hydrogen (secondary N) is 2. The Bertz CT molecular complexity index is 1330. The van der Waals surface area contributed by atoms with Crippen LogP contribution in [-0.2, 0) is 5.41 Å². The number of nitrogens with zero attached hydrogens (tertiary/aromatic N) is 6. The van der Waals surface area contributed by atoms with Crippen molar-refractivity contribution >= 4 is 29.1 Å². The lowest BCUT2D eigenvalue weighted by atomic mass is 9.88. The van der Waals surface area contributed by atoms with E-state index in [2.05, 4.69) is 39.3 Å². The van der Waals surface area contributed by atoms with Crippen molar-refractivity contribution in [2.45, 2.75) is 45.1 Å².